The van der Waals surface area contributed by atoms with Crippen molar-refractivity contribution in [2.24, 2.45) is 0 Å². The summed E-state index contributed by atoms with van der Waals surface area (Å²) in [6.07, 6.45) is 0. The second-order valence-corrected chi connectivity index (χ2v) is 2.38. The summed E-state index contributed by atoms with van der Waals surface area (Å²) < 4.78 is 10.3. The highest BCUT2D eigenvalue weighted by Crippen LogP contribution is 2.01. The molecule has 1 aromatic carbocycles. The zero-order valence-electron chi connectivity index (χ0n) is 4.87. The zero-order valence-corrected chi connectivity index (χ0v) is 5.77. The first-order valence-corrected chi connectivity index (χ1v) is 3.40. The lowest BCUT2D eigenvalue weighted by molar-refractivity contribution is -0.253. The number of quaternary nitrogens is 1. The molecule has 0 radical (unpaired) electrons. The summed E-state index contributed by atoms with van der Waals surface area (Å²) in [5.41, 5.74) is 4.51. The van der Waals surface area contributed by atoms with Crippen LogP contribution in [0.4, 0.5) is 5.69 Å². The predicted molar refractivity (Wildman–Crippen MR) is 36.2 cm³/mol. The maximum Gasteiger partial charge on any atom is 0.198 e. The largest absolute Gasteiger partial charge is 0.324 e. The standard InChI is InChI=1S/C6H6NOP/c7-5-3-1-2-4-6(5)9-8/h1-4H,7H2/p+1. The fourth-order valence-electron chi connectivity index (χ4n) is 0.600. The van der Waals surface area contributed by atoms with Crippen molar-refractivity contribution in [3.63, 3.8) is 0 Å². The van der Waals surface area contributed by atoms with Crippen LogP contribution in [0.1, 0.15) is 0 Å². The normalized spacial score (nSPS) is 9.89. The summed E-state index contributed by atoms with van der Waals surface area (Å²) in [5.74, 6) is 0. The van der Waals surface area contributed by atoms with E-state index >= 15 is 0 Å². The molecule has 3 heteroatoms. The first-order chi connectivity index (χ1) is 4.34. The van der Waals surface area contributed by atoms with Gasteiger partial charge in [0.25, 0.3) is 0 Å². The van der Waals surface area contributed by atoms with Gasteiger partial charge in [-0.15, -0.1) is 0 Å². The van der Waals surface area contributed by atoms with Crippen LogP contribution in [0.5, 0.6) is 0 Å². The molecule has 0 bridgehead atoms. The van der Waals surface area contributed by atoms with E-state index in [4.69, 9.17) is 0 Å². The third-order valence-corrected chi connectivity index (χ3v) is 1.72. The van der Waals surface area contributed by atoms with Crippen molar-refractivity contribution in [1.82, 2.24) is 0 Å². The van der Waals surface area contributed by atoms with Crippen molar-refractivity contribution in [3.8, 4) is 0 Å². The first-order valence-electron chi connectivity index (χ1n) is 2.59. The van der Waals surface area contributed by atoms with Gasteiger partial charge in [-0.2, -0.15) is 0 Å². The van der Waals surface area contributed by atoms with Crippen LogP contribution in [0.15, 0.2) is 24.3 Å². The molecule has 1 aromatic rings. The van der Waals surface area contributed by atoms with E-state index in [1.54, 1.807) is 6.07 Å². The smallest absolute Gasteiger partial charge is 0.198 e. The number of hydrogen-bond donors (Lipinski definition) is 1. The molecule has 3 N–H and O–H groups in total. The SMILES string of the molecule is [NH3+]c1ccccc1P=O. The Morgan fingerprint density at radius 2 is 2.00 bits per heavy atom. The van der Waals surface area contributed by atoms with Crippen molar-refractivity contribution in [2.75, 3.05) is 0 Å². The van der Waals surface area contributed by atoms with Gasteiger partial charge in [0.15, 0.2) is 8.46 Å². The quantitative estimate of drug-likeness (QED) is 0.566. The van der Waals surface area contributed by atoms with Gasteiger partial charge in [-0.25, -0.2) is 0 Å². The van der Waals surface area contributed by atoms with Crippen LogP contribution in [0.25, 0.3) is 0 Å². The van der Waals surface area contributed by atoms with E-state index in [9.17, 15) is 4.57 Å². The molecule has 9 heavy (non-hydrogen) atoms. The summed E-state index contributed by atoms with van der Waals surface area (Å²) in [6.45, 7) is 0. The average molecular weight is 140 g/mol. The van der Waals surface area contributed by atoms with Crippen LogP contribution < -0.4 is 11.0 Å². The molecule has 0 aromatic heterocycles. The molecular formula is C6H7NOP+. The van der Waals surface area contributed by atoms with E-state index in [-0.39, 0.29) is 8.46 Å². The monoisotopic (exact) mass is 140 g/mol. The molecule has 0 atom stereocenters. The van der Waals surface area contributed by atoms with Gasteiger partial charge in [0.1, 0.15) is 11.0 Å². The van der Waals surface area contributed by atoms with E-state index in [0.717, 1.165) is 11.0 Å². The van der Waals surface area contributed by atoms with Gasteiger partial charge in [-0.05, 0) is 6.07 Å². The molecule has 0 fully saturated rings. The molecule has 0 saturated carbocycles. The Morgan fingerprint density at radius 1 is 1.33 bits per heavy atom. The minimum atomic E-state index is 0.0496. The molecule has 0 spiro atoms. The molecule has 0 unspecified atom stereocenters. The molecule has 1 rings (SSSR count). The van der Waals surface area contributed by atoms with E-state index < -0.39 is 0 Å². The van der Waals surface area contributed by atoms with Crippen LogP contribution in [0, 0.1) is 0 Å². The Morgan fingerprint density at radius 3 is 2.44 bits per heavy atom. The van der Waals surface area contributed by atoms with E-state index in [1.165, 1.54) is 0 Å². The Labute approximate surface area is 54.9 Å². The topological polar surface area (TPSA) is 44.7 Å². The van der Waals surface area contributed by atoms with Crippen molar-refractivity contribution in [2.45, 2.75) is 0 Å². The van der Waals surface area contributed by atoms with Gasteiger partial charge in [-0.3, -0.25) is 4.57 Å². The highest BCUT2D eigenvalue weighted by atomic mass is 31.1. The van der Waals surface area contributed by atoms with E-state index in [2.05, 4.69) is 5.73 Å². The van der Waals surface area contributed by atoms with Crippen LogP contribution in [-0.2, 0) is 4.57 Å². The second kappa shape index (κ2) is 2.72. The van der Waals surface area contributed by atoms with Gasteiger partial charge >= 0.3 is 0 Å². The van der Waals surface area contributed by atoms with Gasteiger partial charge in [0.05, 0.1) is 0 Å². The molecule has 2 nitrogen and oxygen atoms in total. The highest BCUT2D eigenvalue weighted by molar-refractivity contribution is 7.34. The molecule has 0 aliphatic carbocycles. The van der Waals surface area contributed by atoms with Crippen LogP contribution in [0.2, 0.25) is 0 Å². The Hall–Kier alpha value is -0.720. The van der Waals surface area contributed by atoms with Crippen LogP contribution in [0.3, 0.4) is 0 Å². The molecule has 0 aliphatic heterocycles. The molecular weight excluding hydrogens is 133 g/mol. The van der Waals surface area contributed by atoms with Crippen molar-refractivity contribution in [3.05, 3.63) is 24.3 Å². The number of benzene rings is 1. The zero-order chi connectivity index (χ0) is 6.69. The Kier molecular flexibility index (Phi) is 1.93. The number of rotatable bonds is 1. The summed E-state index contributed by atoms with van der Waals surface area (Å²) in [5, 5.41) is 0.762. The van der Waals surface area contributed by atoms with E-state index in [0.29, 0.717) is 0 Å². The molecule has 0 amide bonds. The minimum Gasteiger partial charge on any atom is -0.324 e. The first kappa shape index (κ1) is 6.40. The maximum absolute atomic E-state index is 10.3. The fourth-order valence-corrected chi connectivity index (χ4v) is 0.939. The minimum absolute atomic E-state index is 0.0496. The maximum atomic E-state index is 10.3. The van der Waals surface area contributed by atoms with Crippen LogP contribution >= 0.6 is 8.46 Å². The summed E-state index contributed by atoms with van der Waals surface area (Å²) in [7, 11) is 0.0496. The van der Waals surface area contributed by atoms with Crippen molar-refractivity contribution < 1.29 is 10.3 Å². The fraction of sp³-hybridized carbons (Fsp3) is 0. The van der Waals surface area contributed by atoms with Gasteiger partial charge in [0.2, 0.25) is 0 Å². The Bertz CT molecular complexity index is 224. The predicted octanol–water partition coefficient (Wildman–Crippen LogP) is 0.477. The highest BCUT2D eigenvalue weighted by Gasteiger charge is 1.96. The second-order valence-electron chi connectivity index (χ2n) is 1.72. The third-order valence-electron chi connectivity index (χ3n) is 1.09. The molecule has 0 heterocycles. The van der Waals surface area contributed by atoms with Gasteiger partial charge in [-0.1, -0.05) is 12.1 Å². The van der Waals surface area contributed by atoms with Gasteiger partial charge in [0, 0.05) is 6.07 Å². The van der Waals surface area contributed by atoms with Crippen LogP contribution in [-0.4, -0.2) is 0 Å². The number of hydrogen-bond acceptors (Lipinski definition) is 1. The molecule has 46 valence electrons. The lowest BCUT2D eigenvalue weighted by atomic mass is 10.3. The van der Waals surface area contributed by atoms with Crippen molar-refractivity contribution >= 4 is 19.5 Å². The molecule has 0 aliphatic rings. The van der Waals surface area contributed by atoms with E-state index in [1.807, 2.05) is 18.2 Å². The lowest BCUT2D eigenvalue weighted by Crippen LogP contribution is -2.43. The summed E-state index contributed by atoms with van der Waals surface area (Å²) in [4.78, 5) is 0. The Balaban J connectivity index is 3.15. The van der Waals surface area contributed by atoms with Crippen molar-refractivity contribution in [1.29, 1.82) is 0 Å². The summed E-state index contributed by atoms with van der Waals surface area (Å²) >= 11 is 0. The molecule has 0 saturated heterocycles. The lowest BCUT2D eigenvalue weighted by Gasteiger charge is -1.87. The van der Waals surface area contributed by atoms with Gasteiger partial charge < -0.3 is 5.73 Å². The summed E-state index contributed by atoms with van der Waals surface area (Å²) in [6, 6.07) is 7.34. The third kappa shape index (κ3) is 1.35. The average Bonchev–Trinajstić information content (AvgIpc) is 1.89.